The molecular formula is C9H18N2O2. The highest BCUT2D eigenvalue weighted by Gasteiger charge is 2.16. The number of hydrogen-bond donors (Lipinski definition) is 1. The molecule has 1 saturated heterocycles. The van der Waals surface area contributed by atoms with Crippen LogP contribution in [0.1, 0.15) is 26.2 Å². The Hall–Kier alpha value is -0.610. The summed E-state index contributed by atoms with van der Waals surface area (Å²) in [6, 6.07) is 0. The van der Waals surface area contributed by atoms with E-state index >= 15 is 0 Å². The van der Waals surface area contributed by atoms with Crippen LogP contribution in [-0.4, -0.2) is 37.2 Å². The van der Waals surface area contributed by atoms with Gasteiger partial charge in [-0.2, -0.15) is 0 Å². The summed E-state index contributed by atoms with van der Waals surface area (Å²) < 4.78 is 0. The molecule has 0 atom stereocenters. The number of nitrogens with zero attached hydrogens (tertiary/aromatic N) is 1. The lowest BCUT2D eigenvalue weighted by Crippen LogP contribution is -2.41. The lowest BCUT2D eigenvalue weighted by atomic mass is 10.3. The molecule has 1 amide bonds. The zero-order valence-corrected chi connectivity index (χ0v) is 8.21. The number of amides is 1. The predicted molar refractivity (Wildman–Crippen MR) is 50.1 cm³/mol. The molecule has 0 aromatic rings. The second kappa shape index (κ2) is 5.94. The van der Waals surface area contributed by atoms with Crippen molar-refractivity contribution in [3.05, 3.63) is 0 Å². The van der Waals surface area contributed by atoms with E-state index in [1.54, 1.807) is 0 Å². The molecule has 0 radical (unpaired) electrons. The number of hydroxylamine groups is 2. The highest BCUT2D eigenvalue weighted by Crippen LogP contribution is 2.05. The van der Waals surface area contributed by atoms with Crippen molar-refractivity contribution >= 4 is 5.91 Å². The van der Waals surface area contributed by atoms with Crippen molar-refractivity contribution in [2.45, 2.75) is 26.2 Å². The van der Waals surface area contributed by atoms with Gasteiger partial charge in [0.2, 0.25) is 0 Å². The number of carbonyl (C=O) groups is 1. The molecule has 4 nitrogen and oxygen atoms in total. The summed E-state index contributed by atoms with van der Waals surface area (Å²) in [6.07, 6.45) is 3.17. The van der Waals surface area contributed by atoms with Crippen LogP contribution < -0.4 is 5.32 Å². The molecule has 1 rings (SSSR count). The maximum Gasteiger partial charge on any atom is 0.260 e. The first-order chi connectivity index (χ1) is 6.34. The Morgan fingerprint density at radius 2 is 2.38 bits per heavy atom. The Morgan fingerprint density at radius 1 is 1.54 bits per heavy atom. The van der Waals surface area contributed by atoms with Crippen LogP contribution >= 0.6 is 0 Å². The summed E-state index contributed by atoms with van der Waals surface area (Å²) in [6.45, 7) is 4.79. The Balaban J connectivity index is 2.13. The number of rotatable bonds is 4. The molecular weight excluding hydrogens is 168 g/mol. The number of carbonyl (C=O) groups excluding carboxylic acids is 1. The molecule has 0 unspecified atom stereocenters. The minimum atomic E-state index is 0.0492. The maximum atomic E-state index is 11.4. The molecule has 4 heteroatoms. The highest BCUT2D eigenvalue weighted by atomic mass is 16.7. The average Bonchev–Trinajstić information content (AvgIpc) is 2.19. The average molecular weight is 186 g/mol. The zero-order chi connectivity index (χ0) is 9.52. The fraction of sp³-hybridized carbons (Fsp3) is 0.889. The summed E-state index contributed by atoms with van der Waals surface area (Å²) in [5.41, 5.74) is 0. The maximum absolute atomic E-state index is 11.4. The van der Waals surface area contributed by atoms with Crippen LogP contribution in [0.3, 0.4) is 0 Å². The van der Waals surface area contributed by atoms with Crippen molar-refractivity contribution in [2.24, 2.45) is 0 Å². The Bertz CT molecular complexity index is 156. The topological polar surface area (TPSA) is 41.6 Å². The zero-order valence-electron chi connectivity index (χ0n) is 8.21. The summed E-state index contributed by atoms with van der Waals surface area (Å²) in [4.78, 5) is 16.6. The van der Waals surface area contributed by atoms with Gasteiger partial charge in [-0.15, -0.1) is 0 Å². The van der Waals surface area contributed by atoms with Gasteiger partial charge in [-0.3, -0.25) is 9.63 Å². The van der Waals surface area contributed by atoms with E-state index in [0.29, 0.717) is 13.2 Å². The first-order valence-electron chi connectivity index (χ1n) is 4.98. The Kier molecular flexibility index (Phi) is 4.78. The van der Waals surface area contributed by atoms with E-state index < -0.39 is 0 Å². The molecule has 1 aliphatic heterocycles. The van der Waals surface area contributed by atoms with E-state index in [1.807, 2.05) is 0 Å². The lowest BCUT2D eigenvalue weighted by Gasteiger charge is -2.25. The molecule has 1 fully saturated rings. The van der Waals surface area contributed by atoms with Gasteiger partial charge in [0.05, 0.1) is 13.2 Å². The van der Waals surface area contributed by atoms with Crippen molar-refractivity contribution < 1.29 is 9.63 Å². The van der Waals surface area contributed by atoms with Crippen LogP contribution in [0, 0.1) is 0 Å². The molecule has 1 N–H and O–H groups in total. The van der Waals surface area contributed by atoms with E-state index in [1.165, 1.54) is 5.06 Å². The molecule has 0 aliphatic carbocycles. The van der Waals surface area contributed by atoms with Crippen LogP contribution in [0.25, 0.3) is 0 Å². The summed E-state index contributed by atoms with van der Waals surface area (Å²) in [5, 5.41) is 4.54. The second-order valence-corrected chi connectivity index (χ2v) is 3.21. The van der Waals surface area contributed by atoms with Gasteiger partial charge >= 0.3 is 0 Å². The summed E-state index contributed by atoms with van der Waals surface area (Å²) >= 11 is 0. The molecule has 0 aromatic heterocycles. The van der Waals surface area contributed by atoms with Crippen LogP contribution in [0.2, 0.25) is 0 Å². The number of hydrogen-bond acceptors (Lipinski definition) is 3. The monoisotopic (exact) mass is 186 g/mol. The minimum absolute atomic E-state index is 0.0492. The van der Waals surface area contributed by atoms with Gasteiger partial charge in [0.15, 0.2) is 0 Å². The van der Waals surface area contributed by atoms with Crippen molar-refractivity contribution in [1.29, 1.82) is 0 Å². The fourth-order valence-electron chi connectivity index (χ4n) is 1.25. The summed E-state index contributed by atoms with van der Waals surface area (Å²) in [7, 11) is 0. The molecule has 1 aliphatic rings. The first kappa shape index (κ1) is 10.5. The lowest BCUT2D eigenvalue weighted by molar-refractivity contribution is -0.196. The number of nitrogens with one attached hydrogen (secondary N) is 1. The van der Waals surface area contributed by atoms with Gasteiger partial charge in [0.25, 0.3) is 5.91 Å². The van der Waals surface area contributed by atoms with Crippen LogP contribution in [-0.2, 0) is 9.63 Å². The van der Waals surface area contributed by atoms with E-state index in [0.717, 1.165) is 32.4 Å². The fourth-order valence-corrected chi connectivity index (χ4v) is 1.25. The van der Waals surface area contributed by atoms with E-state index in [9.17, 15) is 4.79 Å². The normalized spacial score (nSPS) is 17.5. The van der Waals surface area contributed by atoms with E-state index in [2.05, 4.69) is 12.2 Å². The predicted octanol–water partition coefficient (Wildman–Crippen LogP) is 0.540. The minimum Gasteiger partial charge on any atom is -0.308 e. The summed E-state index contributed by atoms with van der Waals surface area (Å²) in [5.74, 6) is 0.0492. The van der Waals surface area contributed by atoms with Crippen molar-refractivity contribution in [3.8, 4) is 0 Å². The second-order valence-electron chi connectivity index (χ2n) is 3.21. The van der Waals surface area contributed by atoms with Crippen molar-refractivity contribution in [1.82, 2.24) is 10.4 Å². The third kappa shape index (κ3) is 3.74. The SMILES string of the molecule is CCCNCC(=O)N1CCCCO1. The quantitative estimate of drug-likeness (QED) is 0.651. The third-order valence-electron chi connectivity index (χ3n) is 1.98. The van der Waals surface area contributed by atoms with Gasteiger partial charge in [-0.25, -0.2) is 5.06 Å². The highest BCUT2D eigenvalue weighted by molar-refractivity contribution is 5.77. The van der Waals surface area contributed by atoms with Gasteiger partial charge in [-0.05, 0) is 25.8 Å². The Morgan fingerprint density at radius 3 is 3.00 bits per heavy atom. The van der Waals surface area contributed by atoms with Crippen LogP contribution in [0.4, 0.5) is 0 Å². The molecule has 0 spiro atoms. The Labute approximate surface area is 79.2 Å². The standard InChI is InChI=1S/C9H18N2O2/c1-2-5-10-8-9(12)11-6-3-4-7-13-11/h10H,2-8H2,1H3. The molecule has 0 bridgehead atoms. The van der Waals surface area contributed by atoms with E-state index in [-0.39, 0.29) is 5.91 Å². The van der Waals surface area contributed by atoms with Crippen LogP contribution in [0.5, 0.6) is 0 Å². The van der Waals surface area contributed by atoms with Gasteiger partial charge in [-0.1, -0.05) is 6.92 Å². The molecule has 0 saturated carbocycles. The molecule has 76 valence electrons. The molecule has 1 heterocycles. The molecule has 13 heavy (non-hydrogen) atoms. The van der Waals surface area contributed by atoms with Gasteiger partial charge in [0.1, 0.15) is 0 Å². The van der Waals surface area contributed by atoms with Gasteiger partial charge < -0.3 is 5.32 Å². The van der Waals surface area contributed by atoms with Crippen LogP contribution in [0.15, 0.2) is 0 Å². The largest absolute Gasteiger partial charge is 0.308 e. The van der Waals surface area contributed by atoms with Crippen molar-refractivity contribution in [2.75, 3.05) is 26.2 Å². The van der Waals surface area contributed by atoms with E-state index in [4.69, 9.17) is 4.84 Å². The van der Waals surface area contributed by atoms with Crippen molar-refractivity contribution in [3.63, 3.8) is 0 Å². The van der Waals surface area contributed by atoms with Gasteiger partial charge in [0, 0.05) is 6.54 Å². The third-order valence-corrected chi connectivity index (χ3v) is 1.98. The first-order valence-corrected chi connectivity index (χ1v) is 4.98. The molecule has 0 aromatic carbocycles. The smallest absolute Gasteiger partial charge is 0.260 e.